The lowest BCUT2D eigenvalue weighted by atomic mass is 10.1. The minimum atomic E-state index is -0.669. The first-order chi connectivity index (χ1) is 12.0. The molecule has 0 fully saturated rings. The van der Waals surface area contributed by atoms with Gasteiger partial charge in [-0.25, -0.2) is 8.78 Å². The van der Waals surface area contributed by atoms with Gasteiger partial charge < -0.3 is 4.90 Å². The van der Waals surface area contributed by atoms with Gasteiger partial charge in [0.15, 0.2) is 0 Å². The van der Waals surface area contributed by atoms with Gasteiger partial charge in [-0.05, 0) is 37.3 Å². The van der Waals surface area contributed by atoms with Crippen LogP contribution >= 0.6 is 0 Å². The summed E-state index contributed by atoms with van der Waals surface area (Å²) in [5.41, 5.74) is 2.46. The number of amides is 1. The molecular weight excluding hydrogens is 320 g/mol. The number of anilines is 1. The minimum absolute atomic E-state index is 0.0167. The number of aryl methyl sites for hydroxylation is 1. The molecule has 0 unspecified atom stereocenters. The van der Waals surface area contributed by atoms with Crippen molar-refractivity contribution in [1.29, 1.82) is 0 Å². The lowest BCUT2D eigenvalue weighted by molar-refractivity contribution is 0.0985. The number of benzene rings is 3. The summed E-state index contributed by atoms with van der Waals surface area (Å²) < 4.78 is 27.2. The molecule has 1 amide bonds. The topological polar surface area (TPSA) is 20.3 Å². The Morgan fingerprint density at radius 3 is 2.24 bits per heavy atom. The molecule has 25 heavy (non-hydrogen) atoms. The normalized spacial score (nSPS) is 10.5. The van der Waals surface area contributed by atoms with Gasteiger partial charge in [0.1, 0.15) is 11.6 Å². The fraction of sp³-hybridized carbons (Fsp3) is 0.0952. The summed E-state index contributed by atoms with van der Waals surface area (Å²) in [5.74, 6) is -1.55. The van der Waals surface area contributed by atoms with Gasteiger partial charge in [0, 0.05) is 22.9 Å². The molecule has 0 atom stereocenters. The van der Waals surface area contributed by atoms with Crippen molar-refractivity contribution in [2.45, 2.75) is 13.5 Å². The quantitative estimate of drug-likeness (QED) is 0.647. The van der Waals surface area contributed by atoms with Crippen LogP contribution in [0.1, 0.15) is 21.5 Å². The molecule has 0 spiro atoms. The van der Waals surface area contributed by atoms with Crippen molar-refractivity contribution >= 4 is 11.6 Å². The molecule has 0 saturated heterocycles. The third-order valence-electron chi connectivity index (χ3n) is 3.96. The number of halogens is 2. The molecule has 0 bridgehead atoms. The first kappa shape index (κ1) is 16.8. The molecule has 0 N–H and O–H groups in total. The molecule has 3 rings (SSSR count). The van der Waals surface area contributed by atoms with Crippen LogP contribution in [0.15, 0.2) is 72.8 Å². The van der Waals surface area contributed by atoms with Crippen LogP contribution in [0.4, 0.5) is 14.5 Å². The number of carbonyl (C=O) groups excluding carboxylic acids is 1. The fourth-order valence-corrected chi connectivity index (χ4v) is 2.56. The van der Waals surface area contributed by atoms with Crippen molar-refractivity contribution in [3.8, 4) is 0 Å². The van der Waals surface area contributed by atoms with Crippen LogP contribution in [0.2, 0.25) is 0 Å². The second-order valence-corrected chi connectivity index (χ2v) is 5.83. The van der Waals surface area contributed by atoms with E-state index in [1.807, 2.05) is 37.3 Å². The predicted molar refractivity (Wildman–Crippen MR) is 94.5 cm³/mol. The summed E-state index contributed by atoms with van der Waals surface area (Å²) >= 11 is 0. The van der Waals surface area contributed by atoms with Crippen molar-refractivity contribution in [3.05, 3.63) is 101 Å². The molecule has 0 aromatic heterocycles. The maximum absolute atomic E-state index is 14.1. The highest BCUT2D eigenvalue weighted by Crippen LogP contribution is 2.22. The van der Waals surface area contributed by atoms with Crippen LogP contribution in [0.25, 0.3) is 0 Å². The molecule has 0 radical (unpaired) electrons. The molecular formula is C21H17F2NO. The molecule has 3 aromatic carbocycles. The standard InChI is InChI=1S/C21H17F2NO/c1-15-7-9-16(10-8-15)21(25)24(19-5-3-2-4-6-19)14-17-11-12-18(22)13-20(17)23/h2-13H,14H2,1H3. The van der Waals surface area contributed by atoms with E-state index in [4.69, 9.17) is 0 Å². The average molecular weight is 337 g/mol. The smallest absolute Gasteiger partial charge is 0.258 e. The zero-order valence-corrected chi connectivity index (χ0v) is 13.7. The van der Waals surface area contributed by atoms with Gasteiger partial charge >= 0.3 is 0 Å². The van der Waals surface area contributed by atoms with Crippen LogP contribution < -0.4 is 4.90 Å². The van der Waals surface area contributed by atoms with Gasteiger partial charge in [-0.1, -0.05) is 42.0 Å². The first-order valence-electron chi connectivity index (χ1n) is 7.92. The maximum atomic E-state index is 14.1. The first-order valence-corrected chi connectivity index (χ1v) is 7.92. The summed E-state index contributed by atoms with van der Waals surface area (Å²) in [7, 11) is 0. The Hall–Kier alpha value is -3.01. The second-order valence-electron chi connectivity index (χ2n) is 5.83. The molecule has 2 nitrogen and oxygen atoms in total. The summed E-state index contributed by atoms with van der Waals surface area (Å²) in [6.07, 6.45) is 0. The number of hydrogen-bond donors (Lipinski definition) is 0. The Morgan fingerprint density at radius 2 is 1.60 bits per heavy atom. The van der Waals surface area contributed by atoms with Gasteiger partial charge in [0.2, 0.25) is 0 Å². The van der Waals surface area contributed by atoms with Crippen LogP contribution in [0.5, 0.6) is 0 Å². The number of hydrogen-bond acceptors (Lipinski definition) is 1. The van der Waals surface area contributed by atoms with Crippen LogP contribution in [0.3, 0.4) is 0 Å². The van der Waals surface area contributed by atoms with E-state index >= 15 is 0 Å². The lowest BCUT2D eigenvalue weighted by Crippen LogP contribution is -2.30. The monoisotopic (exact) mass is 337 g/mol. The Kier molecular flexibility index (Phi) is 4.89. The van der Waals surface area contributed by atoms with Gasteiger partial charge in [0.25, 0.3) is 5.91 Å². The summed E-state index contributed by atoms with van der Waals surface area (Å²) in [4.78, 5) is 14.5. The van der Waals surface area contributed by atoms with E-state index < -0.39 is 11.6 Å². The lowest BCUT2D eigenvalue weighted by Gasteiger charge is -2.23. The second kappa shape index (κ2) is 7.26. The third kappa shape index (κ3) is 3.91. The molecule has 4 heteroatoms. The summed E-state index contributed by atoms with van der Waals surface area (Å²) in [5, 5.41) is 0. The highest BCUT2D eigenvalue weighted by Gasteiger charge is 2.19. The largest absolute Gasteiger partial charge is 0.304 e. The Balaban J connectivity index is 1.98. The van der Waals surface area contributed by atoms with E-state index in [-0.39, 0.29) is 18.0 Å². The fourth-order valence-electron chi connectivity index (χ4n) is 2.56. The van der Waals surface area contributed by atoms with Crippen LogP contribution in [-0.4, -0.2) is 5.91 Å². The number of nitrogens with zero attached hydrogens (tertiary/aromatic N) is 1. The van der Waals surface area contributed by atoms with Crippen molar-refractivity contribution in [2.75, 3.05) is 4.90 Å². The summed E-state index contributed by atoms with van der Waals surface area (Å²) in [6.45, 7) is 1.96. The average Bonchev–Trinajstić information content (AvgIpc) is 2.62. The molecule has 0 saturated carbocycles. The van der Waals surface area contributed by atoms with E-state index in [1.165, 1.54) is 17.0 Å². The molecule has 3 aromatic rings. The highest BCUT2D eigenvalue weighted by atomic mass is 19.1. The van der Waals surface area contributed by atoms with Gasteiger partial charge in [0.05, 0.1) is 6.54 Å². The van der Waals surface area contributed by atoms with Crippen molar-refractivity contribution in [1.82, 2.24) is 0 Å². The number of para-hydroxylation sites is 1. The Labute approximate surface area is 145 Å². The predicted octanol–water partition coefficient (Wildman–Crippen LogP) is 5.12. The van der Waals surface area contributed by atoms with E-state index in [9.17, 15) is 13.6 Å². The molecule has 0 heterocycles. The van der Waals surface area contributed by atoms with Gasteiger partial charge in [-0.2, -0.15) is 0 Å². The Bertz CT molecular complexity index is 876. The van der Waals surface area contributed by atoms with E-state index in [2.05, 4.69) is 0 Å². The van der Waals surface area contributed by atoms with Crippen LogP contribution in [0, 0.1) is 18.6 Å². The SMILES string of the molecule is Cc1ccc(C(=O)N(Cc2ccc(F)cc2F)c2ccccc2)cc1. The van der Waals surface area contributed by atoms with Crippen molar-refractivity contribution in [2.24, 2.45) is 0 Å². The zero-order chi connectivity index (χ0) is 17.8. The van der Waals surface area contributed by atoms with E-state index in [1.54, 1.807) is 24.3 Å². The highest BCUT2D eigenvalue weighted by molar-refractivity contribution is 6.06. The zero-order valence-electron chi connectivity index (χ0n) is 13.7. The van der Waals surface area contributed by atoms with Gasteiger partial charge in [-0.3, -0.25) is 4.79 Å². The molecule has 126 valence electrons. The minimum Gasteiger partial charge on any atom is -0.304 e. The molecule has 0 aliphatic heterocycles. The number of rotatable bonds is 4. The Morgan fingerprint density at radius 1 is 0.920 bits per heavy atom. The van der Waals surface area contributed by atoms with E-state index in [0.29, 0.717) is 11.3 Å². The maximum Gasteiger partial charge on any atom is 0.258 e. The number of carbonyl (C=O) groups is 1. The van der Waals surface area contributed by atoms with Crippen LogP contribution in [-0.2, 0) is 6.54 Å². The summed E-state index contributed by atoms with van der Waals surface area (Å²) in [6, 6.07) is 19.6. The van der Waals surface area contributed by atoms with E-state index in [0.717, 1.165) is 11.6 Å². The molecule has 0 aliphatic carbocycles. The van der Waals surface area contributed by atoms with Crippen molar-refractivity contribution < 1.29 is 13.6 Å². The van der Waals surface area contributed by atoms with Gasteiger partial charge in [-0.15, -0.1) is 0 Å². The van der Waals surface area contributed by atoms with Crippen molar-refractivity contribution in [3.63, 3.8) is 0 Å². The molecule has 0 aliphatic rings. The third-order valence-corrected chi connectivity index (χ3v) is 3.96.